The van der Waals surface area contributed by atoms with Crippen molar-refractivity contribution >= 4 is 15.8 Å². The van der Waals surface area contributed by atoms with Gasteiger partial charge in [0.25, 0.3) is 0 Å². The van der Waals surface area contributed by atoms with Crippen LogP contribution in [0.5, 0.6) is 5.75 Å². The summed E-state index contributed by atoms with van der Waals surface area (Å²) < 4.78 is 43.2. The third-order valence-electron chi connectivity index (χ3n) is 7.20. The van der Waals surface area contributed by atoms with Crippen molar-refractivity contribution < 1.29 is 27.4 Å². The highest BCUT2D eigenvalue weighted by molar-refractivity contribution is 7.91. The summed E-state index contributed by atoms with van der Waals surface area (Å²) in [6.45, 7) is 3.35. The van der Waals surface area contributed by atoms with E-state index in [9.17, 15) is 13.2 Å². The third-order valence-corrected chi connectivity index (χ3v) is 8.86. The quantitative estimate of drug-likeness (QED) is 0.285. The van der Waals surface area contributed by atoms with Gasteiger partial charge in [0, 0.05) is 19.3 Å². The molecule has 1 saturated carbocycles. The monoisotopic (exact) mass is 566 g/mol. The van der Waals surface area contributed by atoms with Crippen molar-refractivity contribution in [2.24, 2.45) is 5.92 Å². The van der Waals surface area contributed by atoms with Crippen LogP contribution in [-0.2, 0) is 37.3 Å². The Labute approximate surface area is 237 Å². The van der Waals surface area contributed by atoms with Crippen LogP contribution in [0.1, 0.15) is 50.2 Å². The smallest absolute Gasteiger partial charge is 0.323 e. The minimum atomic E-state index is -3.81. The van der Waals surface area contributed by atoms with Crippen molar-refractivity contribution in [2.45, 2.75) is 74.2 Å². The standard InChI is InChI=1S/C31H38N2O6S/c1-3-19-38-27-11-9-25(10-12-27)30(31(34)39-22-23-7-5-4-6-8-23)33-21-24-17-18-32-29(20-24)40(35,36)28-15-13-26(37-2)14-16-28/h4-8,13-18,20,25,27,30,33H,3,9-12,19,21-22H2,1-2H3/t25-,27-,30-/m1/s1. The molecule has 3 aromatic rings. The highest BCUT2D eigenvalue weighted by Crippen LogP contribution is 2.30. The van der Waals surface area contributed by atoms with E-state index in [1.165, 1.54) is 25.4 Å². The second-order valence-electron chi connectivity index (χ2n) is 10.0. The summed E-state index contributed by atoms with van der Waals surface area (Å²) in [5.74, 6) is 0.358. The van der Waals surface area contributed by atoms with Crippen LogP contribution >= 0.6 is 0 Å². The van der Waals surface area contributed by atoms with Gasteiger partial charge in [0.2, 0.25) is 9.84 Å². The molecule has 0 bridgehead atoms. The number of methoxy groups -OCH3 is 1. The van der Waals surface area contributed by atoms with E-state index in [0.29, 0.717) is 17.9 Å². The van der Waals surface area contributed by atoms with Crippen molar-refractivity contribution in [1.82, 2.24) is 10.3 Å². The molecule has 0 unspecified atom stereocenters. The van der Waals surface area contributed by atoms with Crippen LogP contribution < -0.4 is 10.1 Å². The van der Waals surface area contributed by atoms with E-state index in [-0.39, 0.29) is 34.5 Å². The van der Waals surface area contributed by atoms with Gasteiger partial charge in [-0.25, -0.2) is 13.4 Å². The molecule has 8 nitrogen and oxygen atoms in total. The molecule has 214 valence electrons. The van der Waals surface area contributed by atoms with Crippen molar-refractivity contribution in [2.75, 3.05) is 13.7 Å². The van der Waals surface area contributed by atoms with Gasteiger partial charge in [-0.2, -0.15) is 0 Å². The SMILES string of the molecule is CCCO[C@H]1CC[C@H]([C@@H](NCc2ccnc(S(=O)(=O)c3ccc(OC)cc3)c2)C(=O)OCc2ccccc2)CC1. The molecule has 4 rings (SSSR count). The van der Waals surface area contributed by atoms with E-state index in [4.69, 9.17) is 14.2 Å². The number of benzene rings is 2. The van der Waals surface area contributed by atoms with Gasteiger partial charge in [-0.05, 0) is 85.5 Å². The van der Waals surface area contributed by atoms with E-state index in [2.05, 4.69) is 17.2 Å². The number of hydrogen-bond acceptors (Lipinski definition) is 8. The molecular formula is C31H38N2O6S. The van der Waals surface area contributed by atoms with E-state index >= 15 is 0 Å². The first kappa shape index (κ1) is 29.7. The molecule has 1 aliphatic rings. The lowest BCUT2D eigenvalue weighted by molar-refractivity contribution is -0.150. The van der Waals surface area contributed by atoms with Gasteiger partial charge < -0.3 is 19.5 Å². The Morgan fingerprint density at radius 3 is 2.40 bits per heavy atom. The second-order valence-corrected chi connectivity index (χ2v) is 11.9. The van der Waals surface area contributed by atoms with Crippen LogP contribution in [0, 0.1) is 5.92 Å². The van der Waals surface area contributed by atoms with Crippen LogP contribution in [-0.4, -0.2) is 45.2 Å². The highest BCUT2D eigenvalue weighted by atomic mass is 32.2. The minimum Gasteiger partial charge on any atom is -0.497 e. The van der Waals surface area contributed by atoms with Gasteiger partial charge in [-0.1, -0.05) is 37.3 Å². The summed E-state index contributed by atoms with van der Waals surface area (Å²) >= 11 is 0. The fourth-order valence-electron chi connectivity index (χ4n) is 4.94. The molecule has 1 aliphatic carbocycles. The van der Waals surface area contributed by atoms with Crippen molar-refractivity contribution in [3.05, 3.63) is 84.1 Å². The predicted molar refractivity (Wildman–Crippen MR) is 152 cm³/mol. The number of hydrogen-bond donors (Lipinski definition) is 1. The molecule has 40 heavy (non-hydrogen) atoms. The largest absolute Gasteiger partial charge is 0.497 e. The third kappa shape index (κ3) is 7.90. The number of nitrogens with one attached hydrogen (secondary N) is 1. The molecule has 0 saturated heterocycles. The van der Waals surface area contributed by atoms with E-state index in [0.717, 1.165) is 44.3 Å². The van der Waals surface area contributed by atoms with Crippen LogP contribution in [0.3, 0.4) is 0 Å². The lowest BCUT2D eigenvalue weighted by atomic mass is 9.82. The lowest BCUT2D eigenvalue weighted by Gasteiger charge is -2.33. The fraction of sp³-hybridized carbons (Fsp3) is 0.419. The number of carbonyl (C=O) groups is 1. The Kier molecular flexibility index (Phi) is 10.7. The Morgan fingerprint density at radius 1 is 1.00 bits per heavy atom. The summed E-state index contributed by atoms with van der Waals surface area (Å²) in [7, 11) is -2.29. The van der Waals surface area contributed by atoms with Gasteiger partial charge in [0.05, 0.1) is 18.1 Å². The average molecular weight is 567 g/mol. The molecule has 1 atom stereocenters. The van der Waals surface area contributed by atoms with Gasteiger partial charge in [0.15, 0.2) is 5.03 Å². The molecule has 1 aromatic heterocycles. The summed E-state index contributed by atoms with van der Waals surface area (Å²) in [5.41, 5.74) is 1.64. The van der Waals surface area contributed by atoms with Gasteiger partial charge in [-0.3, -0.25) is 4.79 Å². The van der Waals surface area contributed by atoms with Crippen LogP contribution in [0.4, 0.5) is 0 Å². The van der Waals surface area contributed by atoms with E-state index in [1.807, 2.05) is 30.3 Å². The maximum Gasteiger partial charge on any atom is 0.323 e. The zero-order valence-corrected chi connectivity index (χ0v) is 23.9. The Balaban J connectivity index is 1.46. The minimum absolute atomic E-state index is 0.0475. The van der Waals surface area contributed by atoms with Crippen LogP contribution in [0.15, 0.2) is 82.8 Å². The van der Waals surface area contributed by atoms with Crippen LogP contribution in [0.25, 0.3) is 0 Å². The zero-order valence-electron chi connectivity index (χ0n) is 23.1. The number of nitrogens with zero attached hydrogens (tertiary/aromatic N) is 1. The molecule has 9 heteroatoms. The van der Waals surface area contributed by atoms with E-state index < -0.39 is 15.9 Å². The first-order chi connectivity index (χ1) is 19.4. The summed E-state index contributed by atoms with van der Waals surface area (Å²) in [5, 5.41) is 3.33. The molecule has 1 fully saturated rings. The number of rotatable bonds is 13. The molecular weight excluding hydrogens is 528 g/mol. The van der Waals surface area contributed by atoms with E-state index in [1.54, 1.807) is 24.3 Å². The second kappa shape index (κ2) is 14.4. The maximum atomic E-state index is 13.3. The predicted octanol–water partition coefficient (Wildman–Crippen LogP) is 5.11. The average Bonchev–Trinajstić information content (AvgIpc) is 3.00. The topological polar surface area (TPSA) is 104 Å². The number of pyridine rings is 1. The maximum absolute atomic E-state index is 13.3. The Morgan fingerprint density at radius 2 is 1.73 bits per heavy atom. The van der Waals surface area contributed by atoms with Crippen molar-refractivity contribution in [3.8, 4) is 5.75 Å². The number of carbonyl (C=O) groups excluding carboxylic acids is 1. The first-order valence-corrected chi connectivity index (χ1v) is 15.3. The Bertz CT molecular complexity index is 1320. The lowest BCUT2D eigenvalue weighted by Crippen LogP contribution is -2.45. The fourth-order valence-corrected chi connectivity index (χ4v) is 6.19. The Hall–Kier alpha value is -3.27. The molecule has 0 aliphatic heterocycles. The number of aromatic nitrogens is 1. The molecule has 1 N–H and O–H groups in total. The molecule has 0 spiro atoms. The summed E-state index contributed by atoms with van der Waals surface area (Å²) in [4.78, 5) is 17.6. The van der Waals surface area contributed by atoms with Crippen molar-refractivity contribution in [3.63, 3.8) is 0 Å². The molecule has 0 amide bonds. The number of sulfone groups is 1. The van der Waals surface area contributed by atoms with Crippen molar-refractivity contribution in [1.29, 1.82) is 0 Å². The van der Waals surface area contributed by atoms with Crippen LogP contribution in [0.2, 0.25) is 0 Å². The molecule has 0 radical (unpaired) electrons. The van der Waals surface area contributed by atoms with Gasteiger partial charge >= 0.3 is 5.97 Å². The zero-order chi connectivity index (χ0) is 28.4. The number of ether oxygens (including phenoxy) is 3. The first-order valence-electron chi connectivity index (χ1n) is 13.8. The van der Waals surface area contributed by atoms with Gasteiger partial charge in [-0.15, -0.1) is 0 Å². The normalized spacial score (nSPS) is 18.1. The molecule has 1 heterocycles. The highest BCUT2D eigenvalue weighted by Gasteiger charge is 2.33. The number of esters is 1. The molecule has 2 aromatic carbocycles. The summed E-state index contributed by atoms with van der Waals surface area (Å²) in [6, 6.07) is 18.6. The van der Waals surface area contributed by atoms with Gasteiger partial charge in [0.1, 0.15) is 18.4 Å². The summed E-state index contributed by atoms with van der Waals surface area (Å²) in [6.07, 6.45) is 6.18.